The number of nitrogens with zero attached hydrogens (tertiary/aromatic N) is 2. The summed E-state index contributed by atoms with van der Waals surface area (Å²) in [7, 11) is 0. The predicted molar refractivity (Wildman–Crippen MR) is 132 cm³/mol. The Morgan fingerprint density at radius 2 is 1.53 bits per heavy atom. The number of ether oxygens (including phenoxy) is 1. The van der Waals surface area contributed by atoms with E-state index < -0.39 is 17.6 Å². The second kappa shape index (κ2) is 9.91. The molecule has 1 aliphatic rings. The van der Waals surface area contributed by atoms with Crippen molar-refractivity contribution in [2.75, 3.05) is 23.0 Å². The van der Waals surface area contributed by atoms with Crippen molar-refractivity contribution in [3.8, 4) is 5.75 Å². The standard InChI is InChI=1S/C28H27FN2O3/c1-4-30(21-10-6-5-7-11-21)26-25(20-14-16-22(17-15-20)34-18-19(2)3)27(32)31(28(26)33)24-13-9-8-12-23(24)29/h5-17,19H,4,18H2,1-3H3. The maximum Gasteiger partial charge on any atom is 0.282 e. The Morgan fingerprint density at radius 3 is 2.15 bits per heavy atom. The third-order valence-corrected chi connectivity index (χ3v) is 5.53. The van der Waals surface area contributed by atoms with Gasteiger partial charge < -0.3 is 9.64 Å². The first-order valence-corrected chi connectivity index (χ1v) is 11.4. The molecule has 0 N–H and O–H groups in total. The molecule has 0 radical (unpaired) electrons. The minimum atomic E-state index is -0.634. The minimum Gasteiger partial charge on any atom is -0.493 e. The third kappa shape index (κ3) is 4.44. The first-order chi connectivity index (χ1) is 16.4. The predicted octanol–water partition coefficient (Wildman–Crippen LogP) is 5.67. The van der Waals surface area contributed by atoms with Gasteiger partial charge in [-0.1, -0.05) is 56.3 Å². The van der Waals surface area contributed by atoms with Crippen molar-refractivity contribution in [3.05, 3.63) is 95.9 Å². The number of rotatable bonds is 8. The molecule has 0 aliphatic carbocycles. The summed E-state index contributed by atoms with van der Waals surface area (Å²) in [6.07, 6.45) is 0. The normalized spacial score (nSPS) is 13.7. The molecular formula is C28H27FN2O3. The van der Waals surface area contributed by atoms with E-state index in [4.69, 9.17) is 4.74 Å². The second-order valence-corrected chi connectivity index (χ2v) is 8.43. The summed E-state index contributed by atoms with van der Waals surface area (Å²) in [6.45, 7) is 7.05. The van der Waals surface area contributed by atoms with Crippen LogP contribution in [0.2, 0.25) is 0 Å². The SMILES string of the molecule is CCN(C1=C(c2ccc(OCC(C)C)cc2)C(=O)N(c2ccccc2F)C1=O)c1ccccc1. The fraction of sp³-hybridized carbons (Fsp3) is 0.214. The van der Waals surface area contributed by atoms with Gasteiger partial charge in [-0.25, -0.2) is 9.29 Å². The van der Waals surface area contributed by atoms with Crippen molar-refractivity contribution < 1.29 is 18.7 Å². The van der Waals surface area contributed by atoms with Crippen LogP contribution in [0.3, 0.4) is 0 Å². The van der Waals surface area contributed by atoms with Crippen LogP contribution >= 0.6 is 0 Å². The number of anilines is 2. The third-order valence-electron chi connectivity index (χ3n) is 5.53. The average molecular weight is 459 g/mol. The monoisotopic (exact) mass is 458 g/mol. The summed E-state index contributed by atoms with van der Waals surface area (Å²) < 4.78 is 20.4. The summed E-state index contributed by atoms with van der Waals surface area (Å²) in [5.41, 5.74) is 1.72. The molecule has 0 unspecified atom stereocenters. The number of amides is 2. The number of imide groups is 1. The quantitative estimate of drug-likeness (QED) is 0.408. The molecule has 1 aliphatic heterocycles. The molecule has 34 heavy (non-hydrogen) atoms. The zero-order valence-electron chi connectivity index (χ0n) is 19.5. The summed E-state index contributed by atoms with van der Waals surface area (Å²) in [5, 5.41) is 0. The van der Waals surface area contributed by atoms with Gasteiger partial charge in [0.15, 0.2) is 0 Å². The van der Waals surface area contributed by atoms with Crippen LogP contribution in [0.25, 0.3) is 5.57 Å². The summed E-state index contributed by atoms with van der Waals surface area (Å²) in [6, 6.07) is 22.3. The number of likely N-dealkylation sites (N-methyl/N-ethyl adjacent to an activating group) is 1. The second-order valence-electron chi connectivity index (χ2n) is 8.43. The van der Waals surface area contributed by atoms with Gasteiger partial charge in [-0.05, 0) is 54.8 Å². The van der Waals surface area contributed by atoms with Crippen molar-refractivity contribution in [3.63, 3.8) is 0 Å². The Labute approximate surface area is 199 Å². The maximum absolute atomic E-state index is 14.7. The zero-order valence-corrected chi connectivity index (χ0v) is 19.5. The highest BCUT2D eigenvalue weighted by atomic mass is 19.1. The molecule has 174 valence electrons. The van der Waals surface area contributed by atoms with Crippen molar-refractivity contribution in [1.82, 2.24) is 0 Å². The highest BCUT2D eigenvalue weighted by molar-refractivity contribution is 6.46. The van der Waals surface area contributed by atoms with E-state index in [0.29, 0.717) is 30.4 Å². The van der Waals surface area contributed by atoms with Crippen molar-refractivity contribution in [2.24, 2.45) is 5.92 Å². The number of halogens is 1. The number of benzene rings is 3. The molecule has 0 aromatic heterocycles. The van der Waals surface area contributed by atoms with Crippen LogP contribution in [0.4, 0.5) is 15.8 Å². The summed E-state index contributed by atoms with van der Waals surface area (Å²) in [4.78, 5) is 30.1. The van der Waals surface area contributed by atoms with Gasteiger partial charge in [-0.2, -0.15) is 0 Å². The van der Waals surface area contributed by atoms with Crippen molar-refractivity contribution >= 4 is 28.8 Å². The van der Waals surface area contributed by atoms with Gasteiger partial charge in [0.1, 0.15) is 17.3 Å². The molecule has 0 spiro atoms. The number of carbonyl (C=O) groups excluding carboxylic acids is 2. The van der Waals surface area contributed by atoms with Crippen LogP contribution in [0.15, 0.2) is 84.6 Å². The molecule has 0 saturated heterocycles. The van der Waals surface area contributed by atoms with E-state index in [9.17, 15) is 14.0 Å². The molecule has 5 nitrogen and oxygen atoms in total. The number of hydrogen-bond donors (Lipinski definition) is 0. The van der Waals surface area contributed by atoms with Crippen LogP contribution in [-0.2, 0) is 9.59 Å². The van der Waals surface area contributed by atoms with Gasteiger partial charge in [-0.3, -0.25) is 9.59 Å². The Hall–Kier alpha value is -3.93. The van der Waals surface area contributed by atoms with Gasteiger partial charge in [0.25, 0.3) is 11.8 Å². The smallest absolute Gasteiger partial charge is 0.282 e. The fourth-order valence-electron chi connectivity index (χ4n) is 3.94. The first-order valence-electron chi connectivity index (χ1n) is 11.4. The highest BCUT2D eigenvalue weighted by Gasteiger charge is 2.43. The molecule has 3 aromatic rings. The highest BCUT2D eigenvalue weighted by Crippen LogP contribution is 2.37. The molecule has 0 bridgehead atoms. The average Bonchev–Trinajstić information content (AvgIpc) is 3.09. The van der Waals surface area contributed by atoms with Gasteiger partial charge in [-0.15, -0.1) is 0 Å². The first kappa shape index (κ1) is 23.2. The van der Waals surface area contributed by atoms with Crippen LogP contribution in [0.1, 0.15) is 26.3 Å². The molecule has 2 amide bonds. The zero-order chi connectivity index (χ0) is 24.2. The number of hydrogen-bond acceptors (Lipinski definition) is 4. The van der Waals surface area contributed by atoms with Crippen LogP contribution in [-0.4, -0.2) is 25.0 Å². The maximum atomic E-state index is 14.7. The largest absolute Gasteiger partial charge is 0.493 e. The Bertz CT molecular complexity index is 1220. The Balaban J connectivity index is 1.83. The van der Waals surface area contributed by atoms with Gasteiger partial charge in [0.2, 0.25) is 0 Å². The van der Waals surface area contributed by atoms with E-state index in [2.05, 4.69) is 13.8 Å². The molecule has 4 rings (SSSR count). The lowest BCUT2D eigenvalue weighted by molar-refractivity contribution is -0.120. The van der Waals surface area contributed by atoms with E-state index in [0.717, 1.165) is 10.6 Å². The molecule has 3 aromatic carbocycles. The molecule has 1 heterocycles. The van der Waals surface area contributed by atoms with E-state index in [1.54, 1.807) is 35.2 Å². The van der Waals surface area contributed by atoms with Gasteiger partial charge >= 0.3 is 0 Å². The lowest BCUT2D eigenvalue weighted by Gasteiger charge is -2.25. The molecule has 0 fully saturated rings. The number of para-hydroxylation sites is 2. The molecule has 0 saturated carbocycles. The van der Waals surface area contributed by atoms with Gasteiger partial charge in [0.05, 0.1) is 17.9 Å². The molecular weight excluding hydrogens is 431 g/mol. The van der Waals surface area contributed by atoms with Crippen molar-refractivity contribution in [2.45, 2.75) is 20.8 Å². The Kier molecular flexibility index (Phi) is 6.77. The van der Waals surface area contributed by atoms with E-state index in [1.165, 1.54) is 18.2 Å². The van der Waals surface area contributed by atoms with E-state index in [1.807, 2.05) is 37.3 Å². The lowest BCUT2D eigenvalue weighted by atomic mass is 10.0. The van der Waals surface area contributed by atoms with E-state index >= 15 is 0 Å². The van der Waals surface area contributed by atoms with E-state index in [-0.39, 0.29) is 17.0 Å². The lowest BCUT2D eigenvalue weighted by Crippen LogP contribution is -2.35. The van der Waals surface area contributed by atoms with Crippen LogP contribution in [0, 0.1) is 11.7 Å². The molecule has 0 atom stereocenters. The molecule has 6 heteroatoms. The van der Waals surface area contributed by atoms with Crippen LogP contribution in [0.5, 0.6) is 5.75 Å². The summed E-state index contributed by atoms with van der Waals surface area (Å²) in [5.74, 6) is -0.699. The Morgan fingerprint density at radius 1 is 0.882 bits per heavy atom. The number of carbonyl (C=O) groups is 2. The fourth-order valence-corrected chi connectivity index (χ4v) is 3.94. The minimum absolute atomic E-state index is 0.0639. The summed E-state index contributed by atoms with van der Waals surface area (Å²) >= 11 is 0. The van der Waals surface area contributed by atoms with Crippen LogP contribution < -0.4 is 14.5 Å². The van der Waals surface area contributed by atoms with Crippen molar-refractivity contribution in [1.29, 1.82) is 0 Å². The van der Waals surface area contributed by atoms with Gasteiger partial charge in [0, 0.05) is 12.2 Å². The topological polar surface area (TPSA) is 49.9 Å².